The number of hydrogen-bond acceptors (Lipinski definition) is 4. The summed E-state index contributed by atoms with van der Waals surface area (Å²) in [4.78, 5) is 15.7. The van der Waals surface area contributed by atoms with Crippen LogP contribution in [-0.2, 0) is 16.1 Å². The van der Waals surface area contributed by atoms with Gasteiger partial charge in [-0.1, -0.05) is 0 Å². The van der Waals surface area contributed by atoms with E-state index in [-0.39, 0.29) is 18.6 Å². The van der Waals surface area contributed by atoms with Gasteiger partial charge in [0.2, 0.25) is 5.91 Å². The topological polar surface area (TPSA) is 63.2 Å². The number of hydrogen-bond donors (Lipinski definition) is 2. The quantitative estimate of drug-likeness (QED) is 0.824. The van der Waals surface area contributed by atoms with E-state index in [0.717, 1.165) is 37.1 Å². The van der Waals surface area contributed by atoms with Gasteiger partial charge in [0.15, 0.2) is 0 Å². The molecule has 5 nitrogen and oxygen atoms in total. The second-order valence-corrected chi connectivity index (χ2v) is 4.84. The van der Waals surface area contributed by atoms with Gasteiger partial charge in [-0.05, 0) is 50.0 Å². The molecule has 1 amide bonds. The standard InChI is InChI=1S/C14H21N3O2/c1-11-8-16-5-2-12(11)9-17-14(18)10-19-13-3-6-15-7-4-13/h2,5,8,13,15H,3-4,6-7,9-10H2,1H3,(H,17,18). The van der Waals surface area contributed by atoms with Gasteiger partial charge in [-0.15, -0.1) is 0 Å². The number of nitrogens with zero attached hydrogens (tertiary/aromatic N) is 1. The highest BCUT2D eigenvalue weighted by Crippen LogP contribution is 2.07. The lowest BCUT2D eigenvalue weighted by Crippen LogP contribution is -2.35. The smallest absolute Gasteiger partial charge is 0.246 e. The van der Waals surface area contributed by atoms with Gasteiger partial charge < -0.3 is 15.4 Å². The van der Waals surface area contributed by atoms with E-state index in [9.17, 15) is 4.79 Å². The fourth-order valence-corrected chi connectivity index (χ4v) is 2.10. The molecule has 1 fully saturated rings. The maximum Gasteiger partial charge on any atom is 0.246 e. The minimum Gasteiger partial charge on any atom is -0.368 e. The Balaban J connectivity index is 1.68. The average molecular weight is 263 g/mol. The molecule has 0 bridgehead atoms. The first kappa shape index (κ1) is 14.0. The summed E-state index contributed by atoms with van der Waals surface area (Å²) in [5.41, 5.74) is 2.17. The third-order valence-electron chi connectivity index (χ3n) is 3.35. The predicted molar refractivity (Wildman–Crippen MR) is 72.7 cm³/mol. The monoisotopic (exact) mass is 263 g/mol. The van der Waals surface area contributed by atoms with Gasteiger partial charge >= 0.3 is 0 Å². The Morgan fingerprint density at radius 2 is 2.32 bits per heavy atom. The van der Waals surface area contributed by atoms with Gasteiger partial charge in [0, 0.05) is 18.9 Å². The van der Waals surface area contributed by atoms with Crippen molar-refractivity contribution in [2.75, 3.05) is 19.7 Å². The van der Waals surface area contributed by atoms with Crippen LogP contribution in [0.2, 0.25) is 0 Å². The number of piperidine rings is 1. The van der Waals surface area contributed by atoms with Crippen LogP contribution in [-0.4, -0.2) is 36.7 Å². The van der Waals surface area contributed by atoms with Crippen LogP contribution in [0.1, 0.15) is 24.0 Å². The molecule has 1 aromatic heterocycles. The number of ether oxygens (including phenoxy) is 1. The molecule has 1 aliphatic heterocycles. The van der Waals surface area contributed by atoms with E-state index >= 15 is 0 Å². The molecule has 0 spiro atoms. The van der Waals surface area contributed by atoms with E-state index in [2.05, 4.69) is 15.6 Å². The minimum absolute atomic E-state index is 0.0604. The Morgan fingerprint density at radius 1 is 1.53 bits per heavy atom. The molecule has 0 aliphatic carbocycles. The predicted octanol–water partition coefficient (Wildman–Crippen LogP) is 0.775. The summed E-state index contributed by atoms with van der Waals surface area (Å²) in [5, 5.41) is 6.14. The van der Waals surface area contributed by atoms with Crippen molar-refractivity contribution in [2.24, 2.45) is 0 Å². The van der Waals surface area contributed by atoms with Crippen molar-refractivity contribution in [1.29, 1.82) is 0 Å². The summed E-state index contributed by atoms with van der Waals surface area (Å²) >= 11 is 0. The van der Waals surface area contributed by atoms with E-state index in [1.807, 2.05) is 13.0 Å². The largest absolute Gasteiger partial charge is 0.368 e. The van der Waals surface area contributed by atoms with Crippen LogP contribution in [0.3, 0.4) is 0 Å². The molecule has 5 heteroatoms. The zero-order valence-electron chi connectivity index (χ0n) is 11.3. The number of nitrogens with one attached hydrogen (secondary N) is 2. The van der Waals surface area contributed by atoms with Crippen LogP contribution in [0.15, 0.2) is 18.5 Å². The van der Waals surface area contributed by atoms with Gasteiger partial charge in [0.05, 0.1) is 6.10 Å². The summed E-state index contributed by atoms with van der Waals surface area (Å²) in [7, 11) is 0. The molecule has 2 N–H and O–H groups in total. The van der Waals surface area contributed by atoms with Crippen LogP contribution >= 0.6 is 0 Å². The van der Waals surface area contributed by atoms with Crippen LogP contribution in [0.4, 0.5) is 0 Å². The number of pyridine rings is 1. The van der Waals surface area contributed by atoms with Gasteiger partial charge in [0.1, 0.15) is 6.61 Å². The van der Waals surface area contributed by atoms with Gasteiger partial charge in [-0.25, -0.2) is 0 Å². The Labute approximate surface area is 113 Å². The Bertz CT molecular complexity index is 417. The van der Waals surface area contributed by atoms with Crippen molar-refractivity contribution in [3.8, 4) is 0 Å². The zero-order valence-corrected chi connectivity index (χ0v) is 11.3. The van der Waals surface area contributed by atoms with E-state index in [1.54, 1.807) is 12.4 Å². The van der Waals surface area contributed by atoms with Crippen LogP contribution in [0, 0.1) is 6.92 Å². The number of rotatable bonds is 5. The molecule has 1 aliphatic rings. The highest BCUT2D eigenvalue weighted by molar-refractivity contribution is 5.77. The van der Waals surface area contributed by atoms with Gasteiger partial charge in [-0.2, -0.15) is 0 Å². The normalized spacial score (nSPS) is 16.3. The summed E-state index contributed by atoms with van der Waals surface area (Å²) in [6.07, 6.45) is 5.72. The summed E-state index contributed by atoms with van der Waals surface area (Å²) < 4.78 is 5.60. The summed E-state index contributed by atoms with van der Waals surface area (Å²) in [5.74, 6) is -0.0604. The highest BCUT2D eigenvalue weighted by Gasteiger charge is 2.14. The summed E-state index contributed by atoms with van der Waals surface area (Å²) in [6, 6.07) is 1.92. The lowest BCUT2D eigenvalue weighted by Gasteiger charge is -2.22. The first-order valence-corrected chi connectivity index (χ1v) is 6.74. The van der Waals surface area contributed by atoms with Gasteiger partial charge in [-0.3, -0.25) is 9.78 Å². The molecule has 1 aromatic rings. The van der Waals surface area contributed by atoms with Crippen molar-refractivity contribution >= 4 is 5.91 Å². The maximum atomic E-state index is 11.7. The highest BCUT2D eigenvalue weighted by atomic mass is 16.5. The second-order valence-electron chi connectivity index (χ2n) is 4.84. The first-order valence-electron chi connectivity index (χ1n) is 6.74. The molecule has 19 heavy (non-hydrogen) atoms. The third kappa shape index (κ3) is 4.61. The molecular weight excluding hydrogens is 242 g/mol. The van der Waals surface area contributed by atoms with Crippen molar-refractivity contribution in [3.63, 3.8) is 0 Å². The Morgan fingerprint density at radius 3 is 3.05 bits per heavy atom. The average Bonchev–Trinajstić information content (AvgIpc) is 2.45. The maximum absolute atomic E-state index is 11.7. The Hall–Kier alpha value is -1.46. The number of carbonyl (C=O) groups excluding carboxylic acids is 1. The molecule has 0 unspecified atom stereocenters. The van der Waals surface area contributed by atoms with Crippen molar-refractivity contribution < 1.29 is 9.53 Å². The van der Waals surface area contributed by atoms with Gasteiger partial charge in [0.25, 0.3) is 0 Å². The third-order valence-corrected chi connectivity index (χ3v) is 3.35. The number of aryl methyl sites for hydroxylation is 1. The Kier molecular flexibility index (Phi) is 5.30. The lowest BCUT2D eigenvalue weighted by molar-refractivity contribution is -0.128. The van der Waals surface area contributed by atoms with Crippen LogP contribution < -0.4 is 10.6 Å². The fourth-order valence-electron chi connectivity index (χ4n) is 2.10. The second kappa shape index (κ2) is 7.21. The van der Waals surface area contributed by atoms with E-state index in [4.69, 9.17) is 4.74 Å². The molecule has 2 rings (SSSR count). The van der Waals surface area contributed by atoms with E-state index in [0.29, 0.717) is 6.54 Å². The zero-order chi connectivity index (χ0) is 13.5. The number of amides is 1. The number of aromatic nitrogens is 1. The van der Waals surface area contributed by atoms with Crippen molar-refractivity contribution in [3.05, 3.63) is 29.6 Å². The van der Waals surface area contributed by atoms with Crippen molar-refractivity contribution in [2.45, 2.75) is 32.4 Å². The minimum atomic E-state index is -0.0604. The molecule has 0 aromatic carbocycles. The first-order chi connectivity index (χ1) is 9.25. The van der Waals surface area contributed by atoms with Crippen molar-refractivity contribution in [1.82, 2.24) is 15.6 Å². The molecule has 0 atom stereocenters. The van der Waals surface area contributed by atoms with Crippen LogP contribution in [0.25, 0.3) is 0 Å². The fraction of sp³-hybridized carbons (Fsp3) is 0.571. The SMILES string of the molecule is Cc1cnccc1CNC(=O)COC1CCNCC1. The molecule has 2 heterocycles. The molecular formula is C14H21N3O2. The molecule has 104 valence electrons. The molecule has 1 saturated heterocycles. The van der Waals surface area contributed by atoms with E-state index in [1.165, 1.54) is 0 Å². The van der Waals surface area contributed by atoms with Crippen LogP contribution in [0.5, 0.6) is 0 Å². The lowest BCUT2D eigenvalue weighted by atomic mass is 10.1. The number of carbonyl (C=O) groups is 1. The van der Waals surface area contributed by atoms with E-state index < -0.39 is 0 Å². The molecule has 0 radical (unpaired) electrons. The molecule has 0 saturated carbocycles. The summed E-state index contributed by atoms with van der Waals surface area (Å²) in [6.45, 7) is 4.61.